The summed E-state index contributed by atoms with van der Waals surface area (Å²) < 4.78 is 0. The first kappa shape index (κ1) is 9.99. The van der Waals surface area contributed by atoms with Gasteiger partial charge in [-0.3, -0.25) is 10.1 Å². The van der Waals surface area contributed by atoms with Crippen LogP contribution in [0.5, 0.6) is 0 Å². The highest BCUT2D eigenvalue weighted by Gasteiger charge is 2.13. The molecule has 0 amide bonds. The number of benzene rings is 1. The Morgan fingerprint density at radius 2 is 2.00 bits per heavy atom. The third-order valence-corrected chi connectivity index (χ3v) is 2.50. The van der Waals surface area contributed by atoms with Gasteiger partial charge >= 0.3 is 0 Å². The topological polar surface area (TPSA) is 43.1 Å². The normalized spacial score (nSPS) is 10.1. The fourth-order valence-electron chi connectivity index (χ4n) is 1.21. The number of nitrogens with zero attached hydrogens (tertiary/aromatic N) is 1. The maximum atomic E-state index is 10.5. The molecule has 0 N–H and O–H groups in total. The SMILES string of the molecule is Cc1c(CCl)ccc([N+](=O)[O-])c1C. The van der Waals surface area contributed by atoms with Gasteiger partial charge in [-0.05, 0) is 25.0 Å². The van der Waals surface area contributed by atoms with Crippen molar-refractivity contribution in [1.82, 2.24) is 0 Å². The highest BCUT2D eigenvalue weighted by atomic mass is 35.5. The van der Waals surface area contributed by atoms with E-state index in [1.807, 2.05) is 6.92 Å². The summed E-state index contributed by atoms with van der Waals surface area (Å²) in [4.78, 5) is 10.2. The Balaban J connectivity index is 3.31. The van der Waals surface area contributed by atoms with Crippen molar-refractivity contribution in [2.24, 2.45) is 0 Å². The van der Waals surface area contributed by atoms with Crippen molar-refractivity contribution in [2.45, 2.75) is 19.7 Å². The smallest absolute Gasteiger partial charge is 0.258 e. The van der Waals surface area contributed by atoms with Gasteiger partial charge in [-0.1, -0.05) is 6.07 Å². The number of hydrogen-bond donors (Lipinski definition) is 0. The molecular formula is C9H10ClNO2. The van der Waals surface area contributed by atoms with E-state index in [4.69, 9.17) is 11.6 Å². The molecule has 0 spiro atoms. The Hall–Kier alpha value is -1.09. The summed E-state index contributed by atoms with van der Waals surface area (Å²) in [5.74, 6) is 0.394. The second-order valence-electron chi connectivity index (χ2n) is 2.88. The second-order valence-corrected chi connectivity index (χ2v) is 3.15. The van der Waals surface area contributed by atoms with Crippen LogP contribution in [0.1, 0.15) is 16.7 Å². The number of rotatable bonds is 2. The Labute approximate surface area is 81.5 Å². The molecule has 0 fully saturated rings. The van der Waals surface area contributed by atoms with E-state index in [1.165, 1.54) is 6.07 Å². The van der Waals surface area contributed by atoms with Crippen molar-refractivity contribution < 1.29 is 4.92 Å². The van der Waals surface area contributed by atoms with Gasteiger partial charge in [0.05, 0.1) is 4.92 Å². The molecule has 0 aliphatic carbocycles. The van der Waals surface area contributed by atoms with E-state index in [-0.39, 0.29) is 10.6 Å². The maximum absolute atomic E-state index is 10.5. The van der Waals surface area contributed by atoms with Crippen LogP contribution in [0.3, 0.4) is 0 Å². The van der Waals surface area contributed by atoms with Gasteiger partial charge in [-0.15, -0.1) is 11.6 Å². The molecule has 13 heavy (non-hydrogen) atoms. The zero-order valence-corrected chi connectivity index (χ0v) is 8.26. The first-order valence-electron chi connectivity index (χ1n) is 3.87. The van der Waals surface area contributed by atoms with Crippen LogP contribution >= 0.6 is 11.6 Å². The first-order chi connectivity index (χ1) is 6.07. The van der Waals surface area contributed by atoms with Gasteiger partial charge in [0.1, 0.15) is 0 Å². The molecule has 0 aliphatic rings. The monoisotopic (exact) mass is 199 g/mol. The molecule has 0 aliphatic heterocycles. The molecule has 0 saturated heterocycles. The second kappa shape index (κ2) is 3.75. The first-order valence-corrected chi connectivity index (χ1v) is 4.40. The van der Waals surface area contributed by atoms with Crippen LogP contribution in [-0.4, -0.2) is 4.92 Å². The van der Waals surface area contributed by atoms with Crippen LogP contribution in [0.4, 0.5) is 5.69 Å². The van der Waals surface area contributed by atoms with Gasteiger partial charge in [-0.25, -0.2) is 0 Å². The van der Waals surface area contributed by atoms with Crippen molar-refractivity contribution in [3.63, 3.8) is 0 Å². The van der Waals surface area contributed by atoms with E-state index in [2.05, 4.69) is 0 Å². The predicted molar refractivity (Wildman–Crippen MR) is 52.1 cm³/mol. The number of nitro benzene ring substituents is 1. The Morgan fingerprint density at radius 1 is 1.38 bits per heavy atom. The standard InChI is InChI=1S/C9H10ClNO2/c1-6-7(2)9(11(12)13)4-3-8(6)5-10/h3-4H,5H2,1-2H3. The van der Waals surface area contributed by atoms with Gasteiger partial charge in [0.15, 0.2) is 0 Å². The minimum Gasteiger partial charge on any atom is -0.258 e. The molecule has 0 atom stereocenters. The molecule has 0 saturated carbocycles. The van der Waals surface area contributed by atoms with E-state index in [1.54, 1.807) is 13.0 Å². The van der Waals surface area contributed by atoms with Crippen LogP contribution in [0.2, 0.25) is 0 Å². The highest BCUT2D eigenvalue weighted by molar-refractivity contribution is 6.17. The van der Waals surface area contributed by atoms with Crippen molar-refractivity contribution in [3.8, 4) is 0 Å². The average molecular weight is 200 g/mol. The quantitative estimate of drug-likeness (QED) is 0.418. The summed E-state index contributed by atoms with van der Waals surface area (Å²) in [6.45, 7) is 3.59. The molecule has 0 radical (unpaired) electrons. The zero-order valence-electron chi connectivity index (χ0n) is 7.50. The minimum absolute atomic E-state index is 0.159. The summed E-state index contributed by atoms with van der Waals surface area (Å²) in [5.41, 5.74) is 2.71. The van der Waals surface area contributed by atoms with E-state index in [0.29, 0.717) is 11.4 Å². The van der Waals surface area contributed by atoms with Gasteiger partial charge in [-0.2, -0.15) is 0 Å². The molecular weight excluding hydrogens is 190 g/mol. The molecule has 1 aromatic carbocycles. The number of nitro groups is 1. The Morgan fingerprint density at radius 3 is 2.46 bits per heavy atom. The summed E-state index contributed by atoms with van der Waals surface area (Å²) in [7, 11) is 0. The third kappa shape index (κ3) is 1.80. The largest absolute Gasteiger partial charge is 0.272 e. The highest BCUT2D eigenvalue weighted by Crippen LogP contribution is 2.24. The molecule has 0 heterocycles. The minimum atomic E-state index is -0.375. The molecule has 0 aromatic heterocycles. The van der Waals surface area contributed by atoms with Crippen LogP contribution in [-0.2, 0) is 5.88 Å². The fourth-order valence-corrected chi connectivity index (χ4v) is 1.49. The number of halogens is 1. The fraction of sp³-hybridized carbons (Fsp3) is 0.333. The van der Waals surface area contributed by atoms with Gasteiger partial charge < -0.3 is 0 Å². The van der Waals surface area contributed by atoms with E-state index in [0.717, 1.165) is 11.1 Å². The van der Waals surface area contributed by atoms with Gasteiger partial charge in [0.2, 0.25) is 0 Å². The van der Waals surface area contributed by atoms with Gasteiger partial charge in [0, 0.05) is 17.5 Å². The lowest BCUT2D eigenvalue weighted by molar-refractivity contribution is -0.385. The van der Waals surface area contributed by atoms with Crippen molar-refractivity contribution in [1.29, 1.82) is 0 Å². The van der Waals surface area contributed by atoms with E-state index in [9.17, 15) is 10.1 Å². The lowest BCUT2D eigenvalue weighted by atomic mass is 10.0. The summed E-state index contributed by atoms with van der Waals surface area (Å²) in [6.07, 6.45) is 0. The maximum Gasteiger partial charge on any atom is 0.272 e. The van der Waals surface area contributed by atoms with E-state index >= 15 is 0 Å². The van der Waals surface area contributed by atoms with Crippen LogP contribution in [0.25, 0.3) is 0 Å². The molecule has 0 unspecified atom stereocenters. The van der Waals surface area contributed by atoms with Crippen molar-refractivity contribution in [3.05, 3.63) is 38.9 Å². The summed E-state index contributed by atoms with van der Waals surface area (Å²) in [5, 5.41) is 10.5. The average Bonchev–Trinajstić information content (AvgIpc) is 2.09. The van der Waals surface area contributed by atoms with Crippen LogP contribution in [0.15, 0.2) is 12.1 Å². The number of hydrogen-bond acceptors (Lipinski definition) is 2. The van der Waals surface area contributed by atoms with Crippen LogP contribution < -0.4 is 0 Å². The molecule has 1 aromatic rings. The van der Waals surface area contributed by atoms with E-state index < -0.39 is 0 Å². The molecule has 3 nitrogen and oxygen atoms in total. The Kier molecular flexibility index (Phi) is 2.88. The molecule has 0 bridgehead atoms. The van der Waals surface area contributed by atoms with Crippen LogP contribution in [0, 0.1) is 24.0 Å². The summed E-state index contributed by atoms with van der Waals surface area (Å²) in [6, 6.07) is 3.20. The lowest BCUT2D eigenvalue weighted by Gasteiger charge is -2.05. The number of alkyl halides is 1. The van der Waals surface area contributed by atoms with Crippen molar-refractivity contribution in [2.75, 3.05) is 0 Å². The molecule has 70 valence electrons. The van der Waals surface area contributed by atoms with Crippen molar-refractivity contribution >= 4 is 17.3 Å². The molecule has 1 rings (SSSR count). The summed E-state index contributed by atoms with van der Waals surface area (Å²) >= 11 is 5.67. The predicted octanol–water partition coefficient (Wildman–Crippen LogP) is 2.95. The third-order valence-electron chi connectivity index (χ3n) is 2.21. The Bertz CT molecular complexity index is 350. The molecule has 4 heteroatoms. The van der Waals surface area contributed by atoms with Gasteiger partial charge in [0.25, 0.3) is 5.69 Å². The zero-order chi connectivity index (χ0) is 10.0. The lowest BCUT2D eigenvalue weighted by Crippen LogP contribution is -1.96.